The lowest BCUT2D eigenvalue weighted by Gasteiger charge is -2.45. The van der Waals surface area contributed by atoms with E-state index in [1.54, 1.807) is 20.7 Å². The second-order valence-corrected chi connectivity index (χ2v) is 9.20. The number of rotatable bonds is 3. The molecule has 0 radical (unpaired) electrons. The lowest BCUT2D eigenvalue weighted by molar-refractivity contribution is -0.135. The van der Waals surface area contributed by atoms with Gasteiger partial charge >= 0.3 is 6.03 Å². The van der Waals surface area contributed by atoms with Crippen LogP contribution in [-0.4, -0.2) is 69.6 Å². The van der Waals surface area contributed by atoms with Crippen LogP contribution in [0, 0.1) is 5.92 Å². The van der Waals surface area contributed by atoms with Crippen molar-refractivity contribution in [1.29, 1.82) is 0 Å². The summed E-state index contributed by atoms with van der Waals surface area (Å²) in [7, 11) is 0. The molecule has 3 amide bonds. The van der Waals surface area contributed by atoms with Crippen molar-refractivity contribution < 1.29 is 9.59 Å². The molecular formula is C24H28N6O2. The Labute approximate surface area is 187 Å². The van der Waals surface area contributed by atoms with Crippen molar-refractivity contribution in [1.82, 2.24) is 19.6 Å². The number of anilines is 1. The fourth-order valence-electron chi connectivity index (χ4n) is 5.92. The Kier molecular flexibility index (Phi) is 4.73. The first-order valence-corrected chi connectivity index (χ1v) is 11.8. The molecule has 32 heavy (non-hydrogen) atoms. The first-order chi connectivity index (χ1) is 15.7. The molecular weight excluding hydrogens is 404 g/mol. The summed E-state index contributed by atoms with van der Waals surface area (Å²) in [6.45, 7) is 1.96. The molecule has 1 saturated carbocycles. The summed E-state index contributed by atoms with van der Waals surface area (Å²) >= 11 is 0. The maximum absolute atomic E-state index is 13.6. The van der Waals surface area contributed by atoms with Crippen LogP contribution >= 0.6 is 0 Å². The van der Waals surface area contributed by atoms with E-state index in [9.17, 15) is 9.59 Å². The van der Waals surface area contributed by atoms with Crippen molar-refractivity contribution >= 4 is 23.6 Å². The highest BCUT2D eigenvalue weighted by Crippen LogP contribution is 2.37. The quantitative estimate of drug-likeness (QED) is 0.748. The second-order valence-electron chi connectivity index (χ2n) is 9.20. The van der Waals surface area contributed by atoms with Crippen molar-refractivity contribution in [3.63, 3.8) is 0 Å². The van der Waals surface area contributed by atoms with Crippen LogP contribution < -0.4 is 4.90 Å². The Bertz CT molecular complexity index is 1080. The maximum atomic E-state index is 13.6. The third-order valence-corrected chi connectivity index (χ3v) is 7.40. The normalized spacial score (nSPS) is 24.7. The van der Waals surface area contributed by atoms with Crippen LogP contribution in [0.3, 0.4) is 0 Å². The standard InChI is InChI=1S/C24H28N6O2/c31-21(27-13-6-8-17-7-4-5-11-20(17)27)16-29-23-19(22-25-12-14-28(22)24(29)32)15-26-30(23)18-9-2-1-3-10-18/h1-3,9-10,15,17,20H,4-8,11-14,16H2/t17-,20+/m1/s1. The highest BCUT2D eigenvalue weighted by atomic mass is 16.2. The smallest absolute Gasteiger partial charge is 0.331 e. The molecule has 0 N–H and O–H groups in total. The Morgan fingerprint density at radius 2 is 1.84 bits per heavy atom. The zero-order valence-corrected chi connectivity index (χ0v) is 18.2. The first-order valence-electron chi connectivity index (χ1n) is 11.8. The van der Waals surface area contributed by atoms with Gasteiger partial charge in [-0.05, 0) is 43.7 Å². The summed E-state index contributed by atoms with van der Waals surface area (Å²) in [5, 5.41) is 4.59. The number of para-hydroxylation sites is 1. The van der Waals surface area contributed by atoms with E-state index in [-0.39, 0.29) is 18.5 Å². The van der Waals surface area contributed by atoms with E-state index in [1.807, 2.05) is 30.3 Å². The predicted octanol–water partition coefficient (Wildman–Crippen LogP) is 3.06. The van der Waals surface area contributed by atoms with Gasteiger partial charge in [0, 0.05) is 19.1 Å². The minimum Gasteiger partial charge on any atom is -0.338 e. The number of hydrogen-bond acceptors (Lipinski definition) is 4. The molecule has 1 saturated heterocycles. The molecule has 4 aliphatic rings. The topological polar surface area (TPSA) is 74.0 Å². The van der Waals surface area contributed by atoms with E-state index in [2.05, 4.69) is 15.0 Å². The zero-order chi connectivity index (χ0) is 21.7. The lowest BCUT2D eigenvalue weighted by atomic mass is 9.78. The van der Waals surface area contributed by atoms with Gasteiger partial charge in [-0.15, -0.1) is 0 Å². The number of carbonyl (C=O) groups is 2. The monoisotopic (exact) mass is 432 g/mol. The number of aliphatic imine (C=N–C) groups is 1. The van der Waals surface area contributed by atoms with Crippen molar-refractivity contribution in [2.24, 2.45) is 10.9 Å². The summed E-state index contributed by atoms with van der Waals surface area (Å²) < 4.78 is 1.76. The van der Waals surface area contributed by atoms with Gasteiger partial charge in [-0.3, -0.25) is 19.6 Å². The Hall–Kier alpha value is -3.16. The summed E-state index contributed by atoms with van der Waals surface area (Å²) in [6, 6.07) is 9.89. The zero-order valence-electron chi connectivity index (χ0n) is 18.2. The maximum Gasteiger partial charge on any atom is 0.331 e. The number of piperidine rings is 1. The fraction of sp³-hybridized carbons (Fsp3) is 0.500. The molecule has 0 unspecified atom stereocenters. The number of benzene rings is 1. The van der Waals surface area contributed by atoms with Crippen molar-refractivity contribution in [2.75, 3.05) is 31.1 Å². The van der Waals surface area contributed by atoms with Crippen molar-refractivity contribution in [2.45, 2.75) is 44.6 Å². The number of amidine groups is 1. The minimum absolute atomic E-state index is 0.0390. The largest absolute Gasteiger partial charge is 0.338 e. The molecule has 166 valence electrons. The van der Waals surface area contributed by atoms with Gasteiger partial charge in [0.05, 0.1) is 24.0 Å². The van der Waals surface area contributed by atoms with E-state index in [1.165, 1.54) is 25.7 Å². The lowest BCUT2D eigenvalue weighted by Crippen LogP contribution is -2.56. The van der Waals surface area contributed by atoms with E-state index in [4.69, 9.17) is 0 Å². The van der Waals surface area contributed by atoms with Crippen LogP contribution in [0.15, 0.2) is 41.5 Å². The highest BCUT2D eigenvalue weighted by Gasteiger charge is 2.43. The third-order valence-electron chi connectivity index (χ3n) is 7.40. The molecule has 1 aliphatic carbocycles. The minimum atomic E-state index is -0.183. The molecule has 8 nitrogen and oxygen atoms in total. The van der Waals surface area contributed by atoms with Gasteiger partial charge < -0.3 is 4.90 Å². The molecule has 3 aliphatic heterocycles. The Morgan fingerprint density at radius 1 is 1.03 bits per heavy atom. The molecule has 8 heteroatoms. The average Bonchev–Trinajstić information content (AvgIpc) is 3.49. The van der Waals surface area contributed by atoms with Crippen LogP contribution in [0.4, 0.5) is 10.6 Å². The van der Waals surface area contributed by atoms with E-state index in [0.29, 0.717) is 36.7 Å². The molecule has 2 atom stereocenters. The van der Waals surface area contributed by atoms with E-state index < -0.39 is 0 Å². The molecule has 1 aromatic heterocycles. The number of aromatic nitrogens is 2. The number of amides is 3. The molecule has 0 spiro atoms. The van der Waals surface area contributed by atoms with Gasteiger partial charge in [-0.2, -0.15) is 5.10 Å². The molecule has 2 fully saturated rings. The molecule has 1 aromatic carbocycles. The van der Waals surface area contributed by atoms with Crippen LogP contribution in [0.5, 0.6) is 0 Å². The van der Waals surface area contributed by atoms with Gasteiger partial charge in [0.2, 0.25) is 5.91 Å². The highest BCUT2D eigenvalue weighted by molar-refractivity contribution is 6.20. The summed E-state index contributed by atoms with van der Waals surface area (Å²) in [6.07, 6.45) is 8.79. The number of fused-ring (bicyclic) bond motifs is 4. The fourth-order valence-corrected chi connectivity index (χ4v) is 5.92. The number of nitrogens with zero attached hydrogens (tertiary/aromatic N) is 6. The van der Waals surface area contributed by atoms with Gasteiger partial charge in [-0.1, -0.05) is 31.0 Å². The van der Waals surface area contributed by atoms with Crippen LogP contribution in [0.2, 0.25) is 0 Å². The number of carbonyl (C=O) groups excluding carboxylic acids is 2. The number of urea groups is 1. The van der Waals surface area contributed by atoms with Gasteiger partial charge in [-0.25, -0.2) is 9.48 Å². The SMILES string of the molecule is O=C1N2CCN=C2c2cnn(-c3ccccc3)c2N1CC(=O)N1CCC[C@H]2CCCC[C@@H]21. The van der Waals surface area contributed by atoms with Crippen LogP contribution in [0.25, 0.3) is 5.69 Å². The Morgan fingerprint density at radius 3 is 2.72 bits per heavy atom. The number of hydrogen-bond donors (Lipinski definition) is 0. The third kappa shape index (κ3) is 3.04. The van der Waals surface area contributed by atoms with Gasteiger partial charge in [0.15, 0.2) is 5.82 Å². The van der Waals surface area contributed by atoms with Gasteiger partial charge in [0.1, 0.15) is 12.4 Å². The van der Waals surface area contributed by atoms with Crippen molar-refractivity contribution in [3.05, 3.63) is 42.1 Å². The number of likely N-dealkylation sites (tertiary alicyclic amines) is 1. The molecule has 6 rings (SSSR count). The summed E-state index contributed by atoms with van der Waals surface area (Å²) in [4.78, 5) is 37.0. The molecule has 4 heterocycles. The summed E-state index contributed by atoms with van der Waals surface area (Å²) in [5.74, 6) is 1.97. The van der Waals surface area contributed by atoms with Gasteiger partial charge in [0.25, 0.3) is 0 Å². The first kappa shape index (κ1) is 19.5. The van der Waals surface area contributed by atoms with E-state index in [0.717, 1.165) is 30.6 Å². The van der Waals surface area contributed by atoms with Crippen molar-refractivity contribution in [3.8, 4) is 5.69 Å². The Balaban J connectivity index is 1.36. The van der Waals surface area contributed by atoms with E-state index >= 15 is 0 Å². The van der Waals surface area contributed by atoms with Crippen LogP contribution in [0.1, 0.15) is 44.1 Å². The second kappa shape index (κ2) is 7.76. The predicted molar refractivity (Wildman–Crippen MR) is 121 cm³/mol. The molecule has 2 aromatic rings. The van der Waals surface area contributed by atoms with Crippen LogP contribution in [-0.2, 0) is 4.79 Å². The molecule has 0 bridgehead atoms. The summed E-state index contributed by atoms with van der Waals surface area (Å²) in [5.41, 5.74) is 1.67. The average molecular weight is 433 g/mol.